The minimum Gasteiger partial charge on any atom is -0.493 e. The Labute approximate surface area is 232 Å². The number of hydrogen-bond donors (Lipinski definition) is 2. The van der Waals surface area contributed by atoms with E-state index in [1.807, 2.05) is 24.3 Å². The molecule has 0 radical (unpaired) electrons. The number of aliphatic hydroxyl groups excluding tert-OH is 2. The fraction of sp³-hybridized carbons (Fsp3) is 0.636. The van der Waals surface area contributed by atoms with Gasteiger partial charge in [-0.15, -0.1) is 0 Å². The van der Waals surface area contributed by atoms with Gasteiger partial charge in [-0.2, -0.15) is 0 Å². The van der Waals surface area contributed by atoms with Gasteiger partial charge in [0.25, 0.3) is 0 Å². The lowest BCUT2D eigenvalue weighted by atomic mass is 9.78. The Morgan fingerprint density at radius 2 is 1.26 bits per heavy atom. The highest BCUT2D eigenvalue weighted by Crippen LogP contribution is 2.33. The molecule has 0 saturated carbocycles. The van der Waals surface area contributed by atoms with Gasteiger partial charge in [0.05, 0.1) is 19.3 Å². The van der Waals surface area contributed by atoms with Crippen molar-refractivity contribution in [1.82, 2.24) is 4.90 Å². The van der Waals surface area contributed by atoms with E-state index in [-0.39, 0.29) is 36.1 Å². The molecule has 2 rings (SSSR count). The quantitative estimate of drug-likeness (QED) is 0.240. The molecule has 5 heteroatoms. The lowest BCUT2D eigenvalue weighted by molar-refractivity contribution is 0.00952. The average Bonchev–Trinajstić information content (AvgIpc) is 2.91. The second kappa shape index (κ2) is 14.9. The van der Waals surface area contributed by atoms with Crippen molar-refractivity contribution < 1.29 is 19.7 Å². The number of benzene rings is 2. The Hall–Kier alpha value is -2.08. The predicted molar refractivity (Wildman–Crippen MR) is 158 cm³/mol. The molecule has 214 valence electrons. The van der Waals surface area contributed by atoms with Crippen LogP contribution in [0.5, 0.6) is 11.5 Å². The Morgan fingerprint density at radius 3 is 1.66 bits per heavy atom. The molecule has 0 saturated heterocycles. The summed E-state index contributed by atoms with van der Waals surface area (Å²) >= 11 is 0. The molecule has 2 N–H and O–H groups in total. The zero-order valence-electron chi connectivity index (χ0n) is 25.2. The molecule has 2 aromatic rings. The van der Waals surface area contributed by atoms with E-state index in [9.17, 15) is 10.2 Å². The first-order chi connectivity index (χ1) is 18.0. The Balaban J connectivity index is 2.05. The molecular weight excluding hydrogens is 474 g/mol. The van der Waals surface area contributed by atoms with Gasteiger partial charge in [-0.05, 0) is 74.5 Å². The average molecular weight is 528 g/mol. The summed E-state index contributed by atoms with van der Waals surface area (Å²) < 4.78 is 12.1. The zero-order valence-corrected chi connectivity index (χ0v) is 25.2. The minimum absolute atomic E-state index is 0.00929. The van der Waals surface area contributed by atoms with Gasteiger partial charge >= 0.3 is 0 Å². The standard InChI is InChI=1S/C33H53NO4/c1-9-11-20-34(32(5,6)10-2)29(22-36)24-38-31-18-14-28(15-19-31)33(7,8)27-12-16-30(17-13-27)37-23-26(21-35)25(3)4/h12-19,25-26,29,35-36H,9-11,20-24H2,1-8H3. The molecule has 0 spiro atoms. The molecular formula is C33H53NO4. The van der Waals surface area contributed by atoms with Crippen LogP contribution in [0, 0.1) is 11.8 Å². The third-order valence-corrected chi connectivity index (χ3v) is 8.28. The summed E-state index contributed by atoms with van der Waals surface area (Å²) in [5.74, 6) is 2.16. The second-order valence-corrected chi connectivity index (χ2v) is 12.0. The van der Waals surface area contributed by atoms with Crippen LogP contribution in [-0.2, 0) is 5.41 Å². The highest BCUT2D eigenvalue weighted by Gasteiger charge is 2.31. The largest absolute Gasteiger partial charge is 0.493 e. The zero-order chi connectivity index (χ0) is 28.3. The molecule has 0 bridgehead atoms. The Bertz CT molecular complexity index is 921. The van der Waals surface area contributed by atoms with Crippen LogP contribution in [0.2, 0.25) is 0 Å². The van der Waals surface area contributed by atoms with Gasteiger partial charge in [0.2, 0.25) is 0 Å². The van der Waals surface area contributed by atoms with Crippen LogP contribution in [-0.4, -0.2) is 59.7 Å². The van der Waals surface area contributed by atoms with E-state index < -0.39 is 0 Å². The van der Waals surface area contributed by atoms with E-state index in [1.54, 1.807) is 0 Å². The van der Waals surface area contributed by atoms with Gasteiger partial charge in [-0.3, -0.25) is 4.90 Å². The minimum atomic E-state index is -0.182. The molecule has 0 heterocycles. The van der Waals surface area contributed by atoms with Crippen LogP contribution in [0.3, 0.4) is 0 Å². The maximum atomic E-state index is 10.2. The smallest absolute Gasteiger partial charge is 0.119 e. The van der Waals surface area contributed by atoms with Gasteiger partial charge in [0.1, 0.15) is 18.1 Å². The maximum absolute atomic E-state index is 10.2. The van der Waals surface area contributed by atoms with Crippen molar-refractivity contribution in [3.63, 3.8) is 0 Å². The highest BCUT2D eigenvalue weighted by atomic mass is 16.5. The van der Waals surface area contributed by atoms with Crippen LogP contribution in [0.1, 0.15) is 85.8 Å². The summed E-state index contributed by atoms with van der Waals surface area (Å²) in [7, 11) is 0. The molecule has 5 nitrogen and oxygen atoms in total. The first kappa shape index (κ1) is 32.1. The van der Waals surface area contributed by atoms with Crippen molar-refractivity contribution in [3.05, 3.63) is 59.7 Å². The van der Waals surface area contributed by atoms with Crippen LogP contribution >= 0.6 is 0 Å². The van der Waals surface area contributed by atoms with E-state index in [0.717, 1.165) is 37.3 Å². The predicted octanol–water partition coefficient (Wildman–Crippen LogP) is 6.69. The van der Waals surface area contributed by atoms with Crippen molar-refractivity contribution >= 4 is 0 Å². The number of unbranched alkanes of at least 4 members (excludes halogenated alkanes) is 1. The molecule has 0 aliphatic rings. The van der Waals surface area contributed by atoms with Crippen LogP contribution < -0.4 is 9.47 Å². The number of aliphatic hydroxyl groups is 2. The number of rotatable bonds is 17. The summed E-state index contributed by atoms with van der Waals surface area (Å²) in [5.41, 5.74) is 2.23. The van der Waals surface area contributed by atoms with Crippen LogP contribution in [0.4, 0.5) is 0 Å². The van der Waals surface area contributed by atoms with E-state index in [2.05, 4.69) is 84.6 Å². The summed E-state index contributed by atoms with van der Waals surface area (Å²) in [4.78, 5) is 2.41. The molecule has 2 unspecified atom stereocenters. The van der Waals surface area contributed by atoms with Crippen molar-refractivity contribution in [3.8, 4) is 11.5 Å². The molecule has 38 heavy (non-hydrogen) atoms. The van der Waals surface area contributed by atoms with Gasteiger partial charge < -0.3 is 19.7 Å². The van der Waals surface area contributed by atoms with E-state index in [1.165, 1.54) is 11.1 Å². The summed E-state index contributed by atoms with van der Waals surface area (Å²) in [6, 6.07) is 16.6. The van der Waals surface area contributed by atoms with Crippen molar-refractivity contribution in [1.29, 1.82) is 0 Å². The number of nitrogens with zero attached hydrogens (tertiary/aromatic N) is 1. The van der Waals surface area contributed by atoms with Gasteiger partial charge in [0, 0.05) is 23.5 Å². The number of ether oxygens (including phenoxy) is 2. The molecule has 0 aliphatic carbocycles. The normalized spacial score (nSPS) is 14.1. The summed E-state index contributed by atoms with van der Waals surface area (Å²) in [6.07, 6.45) is 3.26. The SMILES string of the molecule is CCCCN(C(CO)COc1ccc(C(C)(C)c2ccc(OCC(CO)C(C)C)cc2)cc1)C(C)(C)CC. The van der Waals surface area contributed by atoms with Crippen LogP contribution in [0.25, 0.3) is 0 Å². The number of hydrogen-bond acceptors (Lipinski definition) is 5. The molecule has 0 fully saturated rings. The van der Waals surface area contributed by atoms with Gasteiger partial charge in [-0.25, -0.2) is 0 Å². The van der Waals surface area contributed by atoms with E-state index >= 15 is 0 Å². The lowest BCUT2D eigenvalue weighted by Gasteiger charge is -2.43. The lowest BCUT2D eigenvalue weighted by Crippen LogP contribution is -2.53. The monoisotopic (exact) mass is 527 g/mol. The van der Waals surface area contributed by atoms with Crippen molar-refractivity contribution in [2.24, 2.45) is 11.8 Å². The van der Waals surface area contributed by atoms with Crippen molar-refractivity contribution in [2.75, 3.05) is 33.0 Å². The molecule has 2 aromatic carbocycles. The second-order valence-electron chi connectivity index (χ2n) is 12.0. The molecule has 0 aliphatic heterocycles. The summed E-state index contributed by atoms with van der Waals surface area (Å²) in [6.45, 7) is 19.7. The fourth-order valence-corrected chi connectivity index (χ4v) is 4.71. The van der Waals surface area contributed by atoms with Gasteiger partial charge in [-0.1, -0.05) is 72.2 Å². The molecule has 2 atom stereocenters. The van der Waals surface area contributed by atoms with Gasteiger partial charge in [0.15, 0.2) is 0 Å². The van der Waals surface area contributed by atoms with E-state index in [0.29, 0.717) is 19.1 Å². The Kier molecular flexibility index (Phi) is 12.6. The van der Waals surface area contributed by atoms with Crippen molar-refractivity contribution in [2.45, 2.75) is 91.6 Å². The third-order valence-electron chi connectivity index (χ3n) is 8.28. The first-order valence-electron chi connectivity index (χ1n) is 14.4. The van der Waals surface area contributed by atoms with Crippen LogP contribution in [0.15, 0.2) is 48.5 Å². The fourth-order valence-electron chi connectivity index (χ4n) is 4.71. The van der Waals surface area contributed by atoms with E-state index in [4.69, 9.17) is 9.47 Å². The third kappa shape index (κ3) is 8.72. The summed E-state index contributed by atoms with van der Waals surface area (Å²) in [5, 5.41) is 19.7. The topological polar surface area (TPSA) is 62.2 Å². The first-order valence-corrected chi connectivity index (χ1v) is 14.4. The highest BCUT2D eigenvalue weighted by molar-refractivity contribution is 5.41. The molecule has 0 amide bonds. The maximum Gasteiger partial charge on any atom is 0.119 e. The molecule has 0 aromatic heterocycles. The Morgan fingerprint density at radius 1 is 0.763 bits per heavy atom.